The van der Waals surface area contributed by atoms with E-state index in [2.05, 4.69) is 24.0 Å². The summed E-state index contributed by atoms with van der Waals surface area (Å²) in [5.41, 5.74) is 0. The lowest BCUT2D eigenvalue weighted by Gasteiger charge is -2.33. The number of hydrogen-bond acceptors (Lipinski definition) is 5. The Kier molecular flexibility index (Phi) is 5.11. The molecule has 1 fully saturated rings. The van der Waals surface area contributed by atoms with Crippen LogP contribution in [0.4, 0.5) is 0 Å². The molecule has 1 aliphatic heterocycles. The fourth-order valence-electron chi connectivity index (χ4n) is 2.37. The monoisotopic (exact) mass is 281 g/mol. The minimum atomic E-state index is 0.0682. The highest BCUT2D eigenvalue weighted by Gasteiger charge is 2.24. The zero-order valence-electron chi connectivity index (χ0n) is 12.5. The first-order valence-electron chi connectivity index (χ1n) is 7.23. The average molecular weight is 281 g/mol. The number of likely N-dealkylation sites (tertiary alicyclic amines) is 1. The molecule has 0 spiro atoms. The maximum atomic E-state index is 12.1. The number of carbonyl (C=O) groups is 1. The van der Waals surface area contributed by atoms with Crippen molar-refractivity contribution in [3.63, 3.8) is 0 Å². The van der Waals surface area contributed by atoms with Crippen molar-refractivity contribution < 1.29 is 14.1 Å². The molecular weight excluding hydrogens is 258 g/mol. The van der Waals surface area contributed by atoms with Crippen molar-refractivity contribution in [3.8, 4) is 0 Å². The molecule has 1 aromatic heterocycles. The Bertz CT molecular complexity index is 445. The summed E-state index contributed by atoms with van der Waals surface area (Å²) in [5.74, 6) is 1.73. The van der Waals surface area contributed by atoms with Crippen LogP contribution in [0.3, 0.4) is 0 Å². The van der Waals surface area contributed by atoms with Gasteiger partial charge in [0.1, 0.15) is 6.61 Å². The van der Waals surface area contributed by atoms with Crippen LogP contribution >= 0.6 is 0 Å². The second-order valence-electron chi connectivity index (χ2n) is 5.74. The first-order chi connectivity index (χ1) is 9.54. The van der Waals surface area contributed by atoms with E-state index < -0.39 is 0 Å². The molecule has 112 valence electrons. The zero-order valence-corrected chi connectivity index (χ0v) is 12.5. The molecule has 0 N–H and O–H groups in total. The van der Waals surface area contributed by atoms with Crippen molar-refractivity contribution >= 4 is 5.91 Å². The van der Waals surface area contributed by atoms with Gasteiger partial charge in [-0.2, -0.15) is 4.98 Å². The predicted molar refractivity (Wildman–Crippen MR) is 72.9 cm³/mol. The van der Waals surface area contributed by atoms with Crippen molar-refractivity contribution in [2.45, 2.75) is 52.7 Å². The molecule has 0 saturated carbocycles. The summed E-state index contributed by atoms with van der Waals surface area (Å²) in [6, 6.07) is 0. The quantitative estimate of drug-likeness (QED) is 0.825. The van der Waals surface area contributed by atoms with Crippen LogP contribution in [-0.4, -0.2) is 40.1 Å². The fourth-order valence-corrected chi connectivity index (χ4v) is 2.37. The van der Waals surface area contributed by atoms with Crippen LogP contribution in [0.5, 0.6) is 0 Å². The highest BCUT2D eigenvalue weighted by atomic mass is 16.5. The number of aryl methyl sites for hydroxylation is 1. The van der Waals surface area contributed by atoms with Crippen molar-refractivity contribution in [1.29, 1.82) is 0 Å². The molecule has 20 heavy (non-hydrogen) atoms. The Morgan fingerprint density at radius 2 is 2.35 bits per heavy atom. The van der Waals surface area contributed by atoms with E-state index in [0.717, 1.165) is 19.4 Å². The highest BCUT2D eigenvalue weighted by molar-refractivity contribution is 5.76. The van der Waals surface area contributed by atoms with Gasteiger partial charge in [-0.05, 0) is 18.8 Å². The van der Waals surface area contributed by atoms with Crippen LogP contribution in [0.1, 0.15) is 44.8 Å². The van der Waals surface area contributed by atoms with E-state index in [1.54, 1.807) is 6.92 Å². The third kappa shape index (κ3) is 4.30. The van der Waals surface area contributed by atoms with E-state index in [9.17, 15) is 4.79 Å². The largest absolute Gasteiger partial charge is 0.368 e. The molecule has 1 amide bonds. The molecule has 0 radical (unpaired) electrons. The molecule has 1 atom stereocenters. The molecule has 0 aliphatic carbocycles. The van der Waals surface area contributed by atoms with Gasteiger partial charge in [0.15, 0.2) is 5.82 Å². The van der Waals surface area contributed by atoms with Crippen molar-refractivity contribution in [2.75, 3.05) is 13.1 Å². The molecule has 1 aliphatic rings. The number of carbonyl (C=O) groups excluding carboxylic acids is 1. The lowest BCUT2D eigenvalue weighted by atomic mass is 10.1. The fraction of sp³-hybridized carbons (Fsp3) is 0.786. The Hall–Kier alpha value is -1.43. The van der Waals surface area contributed by atoms with Gasteiger partial charge in [-0.25, -0.2) is 0 Å². The minimum Gasteiger partial charge on any atom is -0.368 e. The van der Waals surface area contributed by atoms with Crippen molar-refractivity contribution in [1.82, 2.24) is 15.0 Å². The molecule has 1 saturated heterocycles. The number of amides is 1. The number of hydrogen-bond donors (Lipinski definition) is 0. The molecule has 2 heterocycles. The summed E-state index contributed by atoms with van der Waals surface area (Å²) in [6.07, 6.45) is 2.64. The number of piperidine rings is 1. The Labute approximate surface area is 119 Å². The maximum absolute atomic E-state index is 12.1. The number of aromatic nitrogens is 2. The van der Waals surface area contributed by atoms with E-state index in [1.807, 2.05) is 4.90 Å². The molecule has 6 nitrogen and oxygen atoms in total. The second kappa shape index (κ2) is 6.83. The number of rotatable bonds is 5. The van der Waals surface area contributed by atoms with Gasteiger partial charge in [-0.3, -0.25) is 4.79 Å². The summed E-state index contributed by atoms with van der Waals surface area (Å²) < 4.78 is 10.7. The molecule has 1 unspecified atom stereocenters. The topological polar surface area (TPSA) is 68.5 Å². The minimum absolute atomic E-state index is 0.0682. The molecule has 2 rings (SSSR count). The van der Waals surface area contributed by atoms with Crippen LogP contribution in [0.25, 0.3) is 0 Å². The Morgan fingerprint density at radius 1 is 1.55 bits per heavy atom. The lowest BCUT2D eigenvalue weighted by molar-refractivity contribution is -0.136. The van der Waals surface area contributed by atoms with E-state index in [1.165, 1.54) is 0 Å². The summed E-state index contributed by atoms with van der Waals surface area (Å²) in [5, 5.41) is 3.80. The first-order valence-corrected chi connectivity index (χ1v) is 7.23. The van der Waals surface area contributed by atoms with Gasteiger partial charge in [-0.1, -0.05) is 19.0 Å². The Morgan fingerprint density at radius 3 is 3.00 bits per heavy atom. The second-order valence-corrected chi connectivity index (χ2v) is 5.74. The van der Waals surface area contributed by atoms with Gasteiger partial charge in [0, 0.05) is 26.4 Å². The maximum Gasteiger partial charge on any atom is 0.223 e. The number of nitrogens with zero attached hydrogens (tertiary/aromatic N) is 3. The van der Waals surface area contributed by atoms with Crippen LogP contribution in [0, 0.1) is 12.8 Å². The van der Waals surface area contributed by atoms with Gasteiger partial charge in [0.25, 0.3) is 0 Å². The van der Waals surface area contributed by atoms with E-state index in [-0.39, 0.29) is 12.0 Å². The Balaban J connectivity index is 1.79. The van der Waals surface area contributed by atoms with Crippen LogP contribution in [-0.2, 0) is 16.1 Å². The van der Waals surface area contributed by atoms with Crippen LogP contribution in [0.15, 0.2) is 4.52 Å². The van der Waals surface area contributed by atoms with Gasteiger partial charge in [0.2, 0.25) is 11.8 Å². The molecular formula is C14H23N3O3. The molecule has 0 bridgehead atoms. The van der Waals surface area contributed by atoms with Gasteiger partial charge >= 0.3 is 0 Å². The highest BCUT2D eigenvalue weighted by Crippen LogP contribution is 2.16. The molecule has 0 aromatic carbocycles. The van der Waals surface area contributed by atoms with Crippen LogP contribution in [0.2, 0.25) is 0 Å². The summed E-state index contributed by atoms with van der Waals surface area (Å²) in [4.78, 5) is 18.1. The third-order valence-electron chi connectivity index (χ3n) is 3.33. The first kappa shape index (κ1) is 15.0. The third-order valence-corrected chi connectivity index (χ3v) is 3.33. The molecule has 6 heteroatoms. The van der Waals surface area contributed by atoms with Crippen molar-refractivity contribution in [3.05, 3.63) is 11.7 Å². The normalized spacial score (nSPS) is 19.6. The summed E-state index contributed by atoms with van der Waals surface area (Å²) in [7, 11) is 0. The standard InChI is InChI=1S/C14H23N3O3/c1-10(2)7-14(18)17-6-4-5-12(8-17)19-9-13-15-11(3)20-16-13/h10,12H,4-9H2,1-3H3. The van der Waals surface area contributed by atoms with Crippen molar-refractivity contribution in [2.24, 2.45) is 5.92 Å². The lowest BCUT2D eigenvalue weighted by Crippen LogP contribution is -2.43. The van der Waals surface area contributed by atoms with Crippen LogP contribution < -0.4 is 0 Å². The van der Waals surface area contributed by atoms with E-state index >= 15 is 0 Å². The number of ether oxygens (including phenoxy) is 1. The summed E-state index contributed by atoms with van der Waals surface area (Å²) >= 11 is 0. The SMILES string of the molecule is Cc1nc(COC2CCCN(C(=O)CC(C)C)C2)no1. The van der Waals surface area contributed by atoms with Gasteiger partial charge in [-0.15, -0.1) is 0 Å². The van der Waals surface area contributed by atoms with E-state index in [4.69, 9.17) is 9.26 Å². The average Bonchev–Trinajstić information content (AvgIpc) is 2.82. The van der Waals surface area contributed by atoms with Gasteiger partial charge in [0.05, 0.1) is 6.10 Å². The molecule has 1 aromatic rings. The van der Waals surface area contributed by atoms with Gasteiger partial charge < -0.3 is 14.2 Å². The smallest absolute Gasteiger partial charge is 0.223 e. The predicted octanol–water partition coefficient (Wildman–Crippen LogP) is 1.93. The summed E-state index contributed by atoms with van der Waals surface area (Å²) in [6.45, 7) is 7.73. The van der Waals surface area contributed by atoms with E-state index in [0.29, 0.717) is 37.2 Å². The zero-order chi connectivity index (χ0) is 14.5.